The smallest absolute Gasteiger partial charge is 0.199 e. The lowest BCUT2D eigenvalue weighted by Gasteiger charge is -2.07. The Kier molecular flexibility index (Phi) is 6.37. The molecular weight excluding hydrogens is 374 g/mol. The van der Waals surface area contributed by atoms with E-state index in [1.54, 1.807) is 24.3 Å². The van der Waals surface area contributed by atoms with E-state index in [1.165, 1.54) is 0 Å². The van der Waals surface area contributed by atoms with Gasteiger partial charge in [0.25, 0.3) is 10.0 Å². The van der Waals surface area contributed by atoms with Crippen molar-refractivity contribution >= 4 is 26.8 Å². The fourth-order valence-corrected chi connectivity index (χ4v) is 5.76. The molecule has 0 radical (unpaired) electrons. The van der Waals surface area contributed by atoms with E-state index < -0.39 is 20.7 Å². The number of nitrogens with zero attached hydrogens (tertiary/aromatic N) is 1. The van der Waals surface area contributed by atoms with E-state index in [2.05, 4.69) is 3.77 Å². The van der Waals surface area contributed by atoms with Crippen LogP contribution >= 0.6 is 0 Å². The van der Waals surface area contributed by atoms with Gasteiger partial charge in [0.05, 0.1) is 4.90 Å². The van der Waals surface area contributed by atoms with Crippen LogP contribution in [0.4, 0.5) is 0 Å². The number of rotatable bonds is 6. The largest absolute Gasteiger partial charge is 0.288 e. The lowest BCUT2D eigenvalue weighted by atomic mass is 10.2. The zero-order valence-electron chi connectivity index (χ0n) is 15.0. The first-order valence-electron chi connectivity index (χ1n) is 8.57. The second-order valence-electron chi connectivity index (χ2n) is 6.02. The molecule has 0 aromatic heterocycles. The molecule has 0 saturated carbocycles. The van der Waals surface area contributed by atoms with Gasteiger partial charge in [-0.05, 0) is 47.4 Å². The second-order valence-corrected chi connectivity index (χ2v) is 9.57. The summed E-state index contributed by atoms with van der Waals surface area (Å²) in [5.74, 6) is 0.532. The molecule has 27 heavy (non-hydrogen) atoms. The molecule has 0 amide bonds. The Morgan fingerprint density at radius 3 is 2.07 bits per heavy atom. The lowest BCUT2D eigenvalue weighted by molar-refractivity contribution is 0.598. The normalized spacial score (nSPS) is 13.1. The zero-order chi connectivity index (χ0) is 19.1. The van der Waals surface area contributed by atoms with E-state index in [0.717, 1.165) is 16.0 Å². The molecule has 3 aromatic rings. The SMILES string of the molecule is Cc1ccc(S(=O)(=O)/N=S(/C/C=C/c2ccccc2)c2ccccc2)cc1. The van der Waals surface area contributed by atoms with Crippen LogP contribution in [0.25, 0.3) is 6.08 Å². The Morgan fingerprint density at radius 2 is 1.44 bits per heavy atom. The van der Waals surface area contributed by atoms with Crippen molar-refractivity contribution in [3.63, 3.8) is 0 Å². The second kappa shape index (κ2) is 8.93. The lowest BCUT2D eigenvalue weighted by Crippen LogP contribution is -2.03. The monoisotopic (exact) mass is 395 g/mol. The summed E-state index contributed by atoms with van der Waals surface area (Å²) in [4.78, 5) is 1.14. The highest BCUT2D eigenvalue weighted by Crippen LogP contribution is 2.18. The molecule has 0 bridgehead atoms. The molecule has 5 heteroatoms. The molecule has 0 fully saturated rings. The van der Waals surface area contributed by atoms with E-state index in [9.17, 15) is 8.42 Å². The van der Waals surface area contributed by atoms with Crippen molar-refractivity contribution in [3.8, 4) is 0 Å². The van der Waals surface area contributed by atoms with E-state index in [1.807, 2.05) is 79.7 Å². The number of hydrogen-bond donors (Lipinski definition) is 0. The van der Waals surface area contributed by atoms with Gasteiger partial charge in [-0.3, -0.25) is 0 Å². The molecule has 0 N–H and O–H groups in total. The summed E-state index contributed by atoms with van der Waals surface area (Å²) < 4.78 is 29.8. The quantitative estimate of drug-likeness (QED) is 0.572. The van der Waals surface area contributed by atoms with Crippen LogP contribution < -0.4 is 0 Å². The Labute approximate surface area is 163 Å². The predicted octanol–water partition coefficient (Wildman–Crippen LogP) is 5.26. The summed E-state index contributed by atoms with van der Waals surface area (Å²) >= 11 is 0. The summed E-state index contributed by atoms with van der Waals surface area (Å²) in [6.45, 7) is 1.93. The predicted molar refractivity (Wildman–Crippen MR) is 113 cm³/mol. The van der Waals surface area contributed by atoms with E-state index in [-0.39, 0.29) is 4.90 Å². The molecular formula is C22H21NO2S2. The molecule has 0 saturated heterocycles. The first-order valence-corrected chi connectivity index (χ1v) is 11.4. The van der Waals surface area contributed by atoms with E-state index in [4.69, 9.17) is 0 Å². The minimum Gasteiger partial charge on any atom is -0.199 e. The third-order valence-electron chi connectivity index (χ3n) is 3.89. The van der Waals surface area contributed by atoms with Gasteiger partial charge >= 0.3 is 0 Å². The van der Waals surface area contributed by atoms with Gasteiger partial charge < -0.3 is 0 Å². The Bertz CT molecular complexity index is 1040. The molecule has 0 aliphatic rings. The number of benzene rings is 3. The van der Waals surface area contributed by atoms with Crippen LogP contribution in [0, 0.1) is 6.92 Å². The van der Waals surface area contributed by atoms with Gasteiger partial charge in [-0.25, -0.2) is 0 Å². The van der Waals surface area contributed by atoms with Crippen LogP contribution in [0.15, 0.2) is 105 Å². The standard InChI is InChI=1S/C22H21NO2S2/c1-19-14-16-22(17-15-19)27(24,25)23-26(21-12-6-3-7-13-21)18-8-11-20-9-4-2-5-10-20/h2-17H,18H2,1H3/b11-8+. The maximum Gasteiger partial charge on any atom is 0.288 e. The third kappa shape index (κ3) is 5.49. The summed E-state index contributed by atoms with van der Waals surface area (Å²) in [7, 11) is -4.50. The number of sulfonamides is 1. The third-order valence-corrected chi connectivity index (χ3v) is 7.58. The first kappa shape index (κ1) is 19.3. The van der Waals surface area contributed by atoms with E-state index in [0.29, 0.717) is 5.75 Å². The van der Waals surface area contributed by atoms with Gasteiger partial charge in [0, 0.05) is 10.6 Å². The van der Waals surface area contributed by atoms with Crippen molar-refractivity contribution in [2.45, 2.75) is 16.7 Å². The molecule has 1 atom stereocenters. The minimum absolute atomic E-state index is 0.230. The van der Waals surface area contributed by atoms with E-state index >= 15 is 0 Å². The topological polar surface area (TPSA) is 46.5 Å². The zero-order valence-corrected chi connectivity index (χ0v) is 16.7. The fourth-order valence-electron chi connectivity index (χ4n) is 2.46. The van der Waals surface area contributed by atoms with Crippen LogP contribution in [-0.4, -0.2) is 14.2 Å². The maximum atomic E-state index is 12.8. The summed E-state index contributed by atoms with van der Waals surface area (Å²) in [5, 5.41) is 0. The molecule has 0 spiro atoms. The van der Waals surface area contributed by atoms with Crippen molar-refractivity contribution in [1.82, 2.24) is 0 Å². The molecule has 3 aromatic carbocycles. The van der Waals surface area contributed by atoms with Crippen LogP contribution in [0.3, 0.4) is 0 Å². The molecule has 3 rings (SSSR count). The minimum atomic E-state index is -3.72. The summed E-state index contributed by atoms with van der Waals surface area (Å²) in [6.07, 6.45) is 3.98. The molecule has 3 nitrogen and oxygen atoms in total. The number of hydrogen-bond acceptors (Lipinski definition) is 2. The van der Waals surface area contributed by atoms with Crippen LogP contribution in [0.2, 0.25) is 0 Å². The Hall–Kier alpha value is -2.50. The molecule has 0 heterocycles. The van der Waals surface area contributed by atoms with Gasteiger partial charge in [0.2, 0.25) is 0 Å². The molecule has 1 unspecified atom stereocenters. The highest BCUT2D eigenvalue weighted by Gasteiger charge is 2.14. The highest BCUT2D eigenvalue weighted by atomic mass is 32.3. The van der Waals surface area contributed by atoms with Gasteiger partial charge in [-0.15, -0.1) is 3.77 Å². The molecule has 0 aliphatic carbocycles. The van der Waals surface area contributed by atoms with Gasteiger partial charge in [0.1, 0.15) is 0 Å². The van der Waals surface area contributed by atoms with Crippen LogP contribution in [0.5, 0.6) is 0 Å². The summed E-state index contributed by atoms with van der Waals surface area (Å²) in [6, 6.07) is 26.3. The maximum absolute atomic E-state index is 12.8. The summed E-state index contributed by atoms with van der Waals surface area (Å²) in [5.41, 5.74) is 2.09. The van der Waals surface area contributed by atoms with Crippen molar-refractivity contribution in [3.05, 3.63) is 102 Å². The average molecular weight is 396 g/mol. The number of aryl methyl sites for hydroxylation is 1. The van der Waals surface area contributed by atoms with Crippen LogP contribution in [0.1, 0.15) is 11.1 Å². The van der Waals surface area contributed by atoms with Crippen LogP contribution in [-0.2, 0) is 20.7 Å². The fraction of sp³-hybridized carbons (Fsp3) is 0.0909. The molecule has 138 valence electrons. The highest BCUT2D eigenvalue weighted by molar-refractivity contribution is 8.00. The molecule has 0 aliphatic heterocycles. The van der Waals surface area contributed by atoms with Crippen molar-refractivity contribution in [1.29, 1.82) is 0 Å². The van der Waals surface area contributed by atoms with Crippen molar-refractivity contribution in [2.24, 2.45) is 3.77 Å². The van der Waals surface area contributed by atoms with Crippen molar-refractivity contribution in [2.75, 3.05) is 5.75 Å². The average Bonchev–Trinajstić information content (AvgIpc) is 2.69. The van der Waals surface area contributed by atoms with Crippen molar-refractivity contribution < 1.29 is 8.42 Å². The first-order chi connectivity index (χ1) is 13.0. The Balaban J connectivity index is 1.93. The Morgan fingerprint density at radius 1 is 0.852 bits per heavy atom. The van der Waals surface area contributed by atoms with Gasteiger partial charge in [-0.2, -0.15) is 8.42 Å². The van der Waals surface area contributed by atoms with Gasteiger partial charge in [-0.1, -0.05) is 78.4 Å². The van der Waals surface area contributed by atoms with Gasteiger partial charge in [0.15, 0.2) is 0 Å².